The number of anilines is 1. The van der Waals surface area contributed by atoms with Gasteiger partial charge in [0.15, 0.2) is 5.76 Å². The molecule has 1 amide bonds. The van der Waals surface area contributed by atoms with Gasteiger partial charge in [-0.05, 0) is 56.0 Å². The maximum absolute atomic E-state index is 11.8. The fourth-order valence-electron chi connectivity index (χ4n) is 3.33. The van der Waals surface area contributed by atoms with Crippen molar-refractivity contribution < 1.29 is 9.21 Å². The number of amides is 1. The Labute approximate surface area is 152 Å². The van der Waals surface area contributed by atoms with Crippen molar-refractivity contribution in [2.75, 3.05) is 11.9 Å². The third-order valence-electron chi connectivity index (χ3n) is 4.87. The number of benzene rings is 1. The number of nitrogens with zero attached hydrogens (tertiary/aromatic N) is 2. The van der Waals surface area contributed by atoms with Crippen LogP contribution >= 0.6 is 11.6 Å². The molecule has 0 saturated heterocycles. The van der Waals surface area contributed by atoms with Gasteiger partial charge in [0.2, 0.25) is 0 Å². The molecule has 0 fully saturated rings. The summed E-state index contributed by atoms with van der Waals surface area (Å²) in [5.41, 5.74) is 5.69. The summed E-state index contributed by atoms with van der Waals surface area (Å²) in [4.78, 5) is 14.1. The van der Waals surface area contributed by atoms with Crippen LogP contribution in [0.5, 0.6) is 0 Å². The van der Waals surface area contributed by atoms with Gasteiger partial charge in [-0.15, -0.1) is 0 Å². The van der Waals surface area contributed by atoms with Crippen LogP contribution in [0.3, 0.4) is 0 Å². The van der Waals surface area contributed by atoms with Crippen LogP contribution in [0.4, 0.5) is 5.69 Å². The molecule has 0 unspecified atom stereocenters. The maximum Gasteiger partial charge on any atom is 0.307 e. The third-order valence-corrected chi connectivity index (χ3v) is 5.19. The molecule has 2 heterocycles. The van der Waals surface area contributed by atoms with Gasteiger partial charge in [-0.25, -0.2) is 5.43 Å². The molecule has 1 aromatic carbocycles. The molecule has 3 rings (SSSR count). The molecule has 5 nitrogen and oxygen atoms in total. The van der Waals surface area contributed by atoms with E-state index in [-0.39, 0.29) is 11.3 Å². The van der Waals surface area contributed by atoms with Crippen LogP contribution in [-0.2, 0) is 0 Å². The summed E-state index contributed by atoms with van der Waals surface area (Å²) in [6.07, 6.45) is 4.07. The van der Waals surface area contributed by atoms with Gasteiger partial charge < -0.3 is 9.32 Å². The summed E-state index contributed by atoms with van der Waals surface area (Å²) in [6.45, 7) is 6.70. The minimum absolute atomic E-state index is 0.0857. The number of hydrazone groups is 1. The Morgan fingerprint density at radius 1 is 1.48 bits per heavy atom. The van der Waals surface area contributed by atoms with E-state index in [9.17, 15) is 4.79 Å². The first-order valence-corrected chi connectivity index (χ1v) is 8.61. The van der Waals surface area contributed by atoms with Crippen LogP contribution in [0, 0.1) is 0 Å². The molecule has 132 valence electrons. The highest BCUT2D eigenvalue weighted by Crippen LogP contribution is 2.44. The van der Waals surface area contributed by atoms with Gasteiger partial charge in [-0.2, -0.15) is 5.10 Å². The summed E-state index contributed by atoms with van der Waals surface area (Å²) in [7, 11) is 2.10. The van der Waals surface area contributed by atoms with Gasteiger partial charge >= 0.3 is 5.91 Å². The minimum Gasteiger partial charge on any atom is -0.459 e. The van der Waals surface area contributed by atoms with Gasteiger partial charge in [-0.3, -0.25) is 4.79 Å². The van der Waals surface area contributed by atoms with E-state index in [0.29, 0.717) is 10.9 Å². The Hall–Kier alpha value is -2.27. The van der Waals surface area contributed by atoms with Crippen molar-refractivity contribution in [3.8, 4) is 0 Å². The zero-order chi connectivity index (χ0) is 18.2. The van der Waals surface area contributed by atoms with Crippen LogP contribution in [0.1, 0.15) is 54.8 Å². The average Bonchev–Trinajstić information content (AvgIpc) is 3.08. The molecule has 0 spiro atoms. The highest BCUT2D eigenvalue weighted by molar-refractivity contribution is 6.33. The first-order chi connectivity index (χ1) is 11.8. The number of nitrogens with one attached hydrogen (secondary N) is 1. The molecule has 1 atom stereocenters. The Kier molecular flexibility index (Phi) is 4.60. The van der Waals surface area contributed by atoms with Crippen molar-refractivity contribution in [3.05, 3.63) is 52.4 Å². The Balaban J connectivity index is 1.83. The van der Waals surface area contributed by atoms with E-state index >= 15 is 0 Å². The number of carbonyl (C=O) groups excluding carboxylic acids is 1. The lowest BCUT2D eigenvalue weighted by Crippen LogP contribution is -2.45. The molecule has 1 aromatic heterocycles. The largest absolute Gasteiger partial charge is 0.459 e. The van der Waals surface area contributed by atoms with Gasteiger partial charge in [0, 0.05) is 23.8 Å². The number of furan rings is 1. The van der Waals surface area contributed by atoms with E-state index in [2.05, 4.69) is 49.3 Å². The standard InChI is InChI=1S/C19H22ClN3O2/c1-12-10-19(2,3)23(4)16-9-15(20)13(8-14(12)16)11-21-22-18(24)17-6-5-7-25-17/h5-9,11-12H,10H2,1-4H3,(H,22,24)/b21-11+/t12-/m1/s1. The van der Waals surface area contributed by atoms with Crippen molar-refractivity contribution in [1.29, 1.82) is 0 Å². The Morgan fingerprint density at radius 3 is 2.92 bits per heavy atom. The molecule has 0 aliphatic carbocycles. The topological polar surface area (TPSA) is 57.8 Å². The highest BCUT2D eigenvalue weighted by Gasteiger charge is 2.34. The lowest BCUT2D eigenvalue weighted by Gasteiger charge is -2.45. The van der Waals surface area contributed by atoms with Gasteiger partial charge in [0.25, 0.3) is 0 Å². The molecule has 2 aromatic rings. The molecule has 1 aliphatic rings. The van der Waals surface area contributed by atoms with E-state index in [4.69, 9.17) is 16.0 Å². The smallest absolute Gasteiger partial charge is 0.307 e. The van der Waals surface area contributed by atoms with Crippen molar-refractivity contribution >= 4 is 29.4 Å². The zero-order valence-corrected chi connectivity index (χ0v) is 15.6. The lowest BCUT2D eigenvalue weighted by molar-refractivity contribution is 0.0927. The first kappa shape index (κ1) is 17.5. The number of carbonyl (C=O) groups is 1. The van der Waals surface area contributed by atoms with Crippen molar-refractivity contribution in [2.45, 2.75) is 38.6 Å². The van der Waals surface area contributed by atoms with Crippen molar-refractivity contribution in [2.24, 2.45) is 5.10 Å². The van der Waals surface area contributed by atoms with Crippen molar-refractivity contribution in [1.82, 2.24) is 5.43 Å². The molecule has 1 aliphatic heterocycles. The summed E-state index contributed by atoms with van der Waals surface area (Å²) < 4.78 is 5.02. The third kappa shape index (κ3) is 3.42. The Bertz CT molecular complexity index is 812. The lowest BCUT2D eigenvalue weighted by atomic mass is 9.80. The van der Waals surface area contributed by atoms with Gasteiger partial charge in [0.1, 0.15) is 0 Å². The molecule has 1 N–H and O–H groups in total. The monoisotopic (exact) mass is 359 g/mol. The summed E-state index contributed by atoms with van der Waals surface area (Å²) >= 11 is 6.43. The summed E-state index contributed by atoms with van der Waals surface area (Å²) in [6, 6.07) is 7.26. The van der Waals surface area contributed by atoms with E-state index in [1.54, 1.807) is 18.3 Å². The highest BCUT2D eigenvalue weighted by atomic mass is 35.5. The Morgan fingerprint density at radius 2 is 2.24 bits per heavy atom. The van der Waals surface area contributed by atoms with E-state index < -0.39 is 5.91 Å². The molecule has 25 heavy (non-hydrogen) atoms. The summed E-state index contributed by atoms with van der Waals surface area (Å²) in [5.74, 6) is 0.236. The van der Waals surface area contributed by atoms with E-state index in [1.807, 2.05) is 6.07 Å². The predicted molar refractivity (Wildman–Crippen MR) is 101 cm³/mol. The van der Waals surface area contributed by atoms with E-state index in [1.165, 1.54) is 11.8 Å². The second kappa shape index (κ2) is 6.56. The van der Waals surface area contributed by atoms with Crippen LogP contribution < -0.4 is 10.3 Å². The molecular weight excluding hydrogens is 338 g/mol. The molecular formula is C19H22ClN3O2. The quantitative estimate of drug-likeness (QED) is 0.652. The molecule has 0 radical (unpaired) electrons. The second-order valence-electron chi connectivity index (χ2n) is 7.09. The van der Waals surface area contributed by atoms with E-state index in [0.717, 1.165) is 17.7 Å². The average molecular weight is 360 g/mol. The van der Waals surface area contributed by atoms with Gasteiger partial charge in [-0.1, -0.05) is 18.5 Å². The number of hydrogen-bond acceptors (Lipinski definition) is 4. The maximum atomic E-state index is 11.8. The van der Waals surface area contributed by atoms with Gasteiger partial charge in [0.05, 0.1) is 17.5 Å². The van der Waals surface area contributed by atoms with Crippen LogP contribution in [-0.4, -0.2) is 24.7 Å². The number of fused-ring (bicyclic) bond motifs is 1. The number of hydrogen-bond donors (Lipinski definition) is 1. The second-order valence-corrected chi connectivity index (χ2v) is 7.49. The van der Waals surface area contributed by atoms with Crippen LogP contribution in [0.25, 0.3) is 0 Å². The first-order valence-electron chi connectivity index (χ1n) is 8.24. The zero-order valence-electron chi connectivity index (χ0n) is 14.8. The van der Waals surface area contributed by atoms with Crippen LogP contribution in [0.15, 0.2) is 40.0 Å². The normalized spacial score (nSPS) is 19.1. The molecule has 6 heteroatoms. The van der Waals surface area contributed by atoms with Crippen LogP contribution in [0.2, 0.25) is 5.02 Å². The fraction of sp³-hybridized carbons (Fsp3) is 0.368. The molecule has 0 saturated carbocycles. The predicted octanol–water partition coefficient (Wildman–Crippen LogP) is 4.42. The molecule has 0 bridgehead atoms. The number of halogens is 1. The minimum atomic E-state index is -0.398. The fourth-order valence-corrected chi connectivity index (χ4v) is 3.53. The van der Waals surface area contributed by atoms with Crippen molar-refractivity contribution in [3.63, 3.8) is 0 Å². The summed E-state index contributed by atoms with van der Waals surface area (Å²) in [5, 5.41) is 4.60. The SMILES string of the molecule is C[C@@H]1CC(C)(C)N(C)c2cc(Cl)c(/C=N/NC(=O)c3ccco3)cc21. The number of rotatable bonds is 3.